The molecule has 7 heteroatoms. The molecule has 0 spiro atoms. The van der Waals surface area contributed by atoms with Gasteiger partial charge in [0.25, 0.3) is 0 Å². The fraction of sp³-hybridized carbons (Fsp3) is 0. The number of anilines is 1. The Labute approximate surface area is 202 Å². The summed E-state index contributed by atoms with van der Waals surface area (Å²) in [5.41, 5.74) is 3.57. The fourth-order valence-electron chi connectivity index (χ4n) is 3.34. The number of oxazole rings is 1. The Morgan fingerprint density at radius 3 is 2.70 bits per heavy atom. The van der Waals surface area contributed by atoms with Gasteiger partial charge in [0, 0.05) is 27.4 Å². The topological polar surface area (TPSA) is 68.3 Å². The van der Waals surface area contributed by atoms with Crippen LogP contribution in [0.25, 0.3) is 40.0 Å². The number of amides is 1. The van der Waals surface area contributed by atoms with E-state index < -0.39 is 0 Å². The molecule has 0 aliphatic rings. The van der Waals surface area contributed by atoms with Crippen molar-refractivity contribution in [2.45, 2.75) is 0 Å². The maximum atomic E-state index is 12.4. The van der Waals surface area contributed by atoms with Crippen molar-refractivity contribution in [1.82, 2.24) is 4.98 Å². The molecule has 1 N–H and O–H groups in total. The van der Waals surface area contributed by atoms with Crippen LogP contribution in [0.1, 0.15) is 5.76 Å². The summed E-state index contributed by atoms with van der Waals surface area (Å²) in [5, 5.41) is 3.44. The van der Waals surface area contributed by atoms with Gasteiger partial charge in [0.05, 0.1) is 5.02 Å². The van der Waals surface area contributed by atoms with Gasteiger partial charge in [-0.1, -0.05) is 45.7 Å². The summed E-state index contributed by atoms with van der Waals surface area (Å²) in [6, 6.07) is 24.1. The number of hydrogen-bond acceptors (Lipinski definition) is 4. The van der Waals surface area contributed by atoms with Crippen molar-refractivity contribution < 1.29 is 13.6 Å². The predicted molar refractivity (Wildman–Crippen MR) is 134 cm³/mol. The third-order valence-corrected chi connectivity index (χ3v) is 5.71. The van der Waals surface area contributed by atoms with Gasteiger partial charge in [-0.2, -0.15) is 0 Å². The largest absolute Gasteiger partial charge is 0.457 e. The molecule has 5 nitrogen and oxygen atoms in total. The maximum Gasteiger partial charge on any atom is 0.248 e. The highest BCUT2D eigenvalue weighted by Crippen LogP contribution is 2.30. The van der Waals surface area contributed by atoms with Crippen LogP contribution in [0, 0.1) is 0 Å². The lowest BCUT2D eigenvalue weighted by Gasteiger charge is -2.01. The van der Waals surface area contributed by atoms with Crippen molar-refractivity contribution in [1.29, 1.82) is 0 Å². The molecule has 0 aliphatic carbocycles. The van der Waals surface area contributed by atoms with E-state index in [2.05, 4.69) is 26.2 Å². The number of rotatable bonds is 5. The van der Waals surface area contributed by atoms with Gasteiger partial charge in [0.15, 0.2) is 5.58 Å². The number of halogens is 2. The number of carbonyl (C=O) groups is 1. The molecular weight excluding hydrogens is 504 g/mol. The summed E-state index contributed by atoms with van der Waals surface area (Å²) in [6.45, 7) is 0. The smallest absolute Gasteiger partial charge is 0.248 e. The second-order valence-electron chi connectivity index (χ2n) is 7.22. The molecule has 2 heterocycles. The molecule has 5 aromatic rings. The second kappa shape index (κ2) is 9.10. The van der Waals surface area contributed by atoms with E-state index in [0.717, 1.165) is 15.6 Å². The van der Waals surface area contributed by atoms with E-state index in [9.17, 15) is 4.79 Å². The summed E-state index contributed by atoms with van der Waals surface area (Å²) in [7, 11) is 0. The van der Waals surface area contributed by atoms with Crippen molar-refractivity contribution in [3.8, 4) is 22.8 Å². The molecule has 0 aliphatic heterocycles. The number of aromatic nitrogens is 1. The van der Waals surface area contributed by atoms with Crippen LogP contribution in [0.2, 0.25) is 5.02 Å². The first-order valence-electron chi connectivity index (χ1n) is 10.1. The predicted octanol–water partition coefficient (Wildman–Crippen LogP) is 7.82. The van der Waals surface area contributed by atoms with E-state index in [0.29, 0.717) is 39.2 Å². The molecule has 5 rings (SSSR count). The quantitative estimate of drug-likeness (QED) is 0.240. The van der Waals surface area contributed by atoms with E-state index in [4.69, 9.17) is 20.4 Å². The molecule has 162 valence electrons. The van der Waals surface area contributed by atoms with Crippen LogP contribution in [-0.4, -0.2) is 10.9 Å². The molecule has 33 heavy (non-hydrogen) atoms. The third kappa shape index (κ3) is 4.77. The molecule has 1 amide bonds. The fourth-order valence-corrected chi connectivity index (χ4v) is 3.97. The summed E-state index contributed by atoms with van der Waals surface area (Å²) in [5.74, 6) is 1.41. The van der Waals surface area contributed by atoms with Gasteiger partial charge in [-0.15, -0.1) is 0 Å². The van der Waals surface area contributed by atoms with Crippen LogP contribution < -0.4 is 5.32 Å². The summed E-state index contributed by atoms with van der Waals surface area (Å²) in [4.78, 5) is 16.9. The van der Waals surface area contributed by atoms with Crippen molar-refractivity contribution in [2.75, 3.05) is 5.32 Å². The third-order valence-electron chi connectivity index (χ3n) is 4.89. The number of nitrogens with one attached hydrogen (secondary N) is 1. The zero-order valence-electron chi connectivity index (χ0n) is 17.1. The normalized spacial score (nSPS) is 11.3. The van der Waals surface area contributed by atoms with Gasteiger partial charge in [-0.05, 0) is 66.7 Å². The Morgan fingerprint density at radius 2 is 1.85 bits per heavy atom. The SMILES string of the molecule is O=C(/C=C/c1ccc(-c2ccccc2Cl)o1)Nc1ccc2oc(-c3cccc(Br)c3)nc2c1. The highest BCUT2D eigenvalue weighted by molar-refractivity contribution is 9.10. The van der Waals surface area contributed by atoms with E-state index in [1.165, 1.54) is 6.08 Å². The zero-order chi connectivity index (χ0) is 22.8. The molecule has 0 radical (unpaired) electrons. The Hall–Kier alpha value is -3.61. The molecule has 0 saturated carbocycles. The monoisotopic (exact) mass is 518 g/mol. The Bertz CT molecular complexity index is 1500. The van der Waals surface area contributed by atoms with Crippen LogP contribution in [0.4, 0.5) is 5.69 Å². The van der Waals surface area contributed by atoms with Gasteiger partial charge >= 0.3 is 0 Å². The molecule has 0 saturated heterocycles. The van der Waals surface area contributed by atoms with Gasteiger partial charge in [-0.25, -0.2) is 4.98 Å². The first-order chi connectivity index (χ1) is 16.0. The van der Waals surface area contributed by atoms with Crippen molar-refractivity contribution in [3.05, 3.63) is 100 Å². The number of nitrogens with zero attached hydrogens (tertiary/aromatic N) is 1. The number of hydrogen-bond donors (Lipinski definition) is 1. The maximum absolute atomic E-state index is 12.4. The van der Waals surface area contributed by atoms with Crippen LogP contribution >= 0.6 is 27.5 Å². The van der Waals surface area contributed by atoms with E-state index in [1.807, 2.05) is 48.5 Å². The minimum absolute atomic E-state index is 0.291. The number of furan rings is 1. The minimum Gasteiger partial charge on any atom is -0.457 e. The van der Waals surface area contributed by atoms with Crippen LogP contribution in [0.3, 0.4) is 0 Å². The Morgan fingerprint density at radius 1 is 0.970 bits per heavy atom. The lowest BCUT2D eigenvalue weighted by atomic mass is 10.2. The molecule has 0 atom stereocenters. The van der Waals surface area contributed by atoms with E-state index in [-0.39, 0.29) is 5.91 Å². The molecule has 0 bridgehead atoms. The van der Waals surface area contributed by atoms with Gasteiger partial charge in [0.2, 0.25) is 11.8 Å². The second-order valence-corrected chi connectivity index (χ2v) is 8.54. The number of carbonyl (C=O) groups excluding carboxylic acids is 1. The molecule has 2 aromatic heterocycles. The molecular formula is C26H16BrClN2O3. The average Bonchev–Trinajstić information content (AvgIpc) is 3.45. The van der Waals surface area contributed by atoms with Crippen LogP contribution in [0.15, 0.2) is 98.2 Å². The Kier molecular flexibility index (Phi) is 5.86. The number of fused-ring (bicyclic) bond motifs is 1. The van der Waals surface area contributed by atoms with Crippen molar-refractivity contribution >= 4 is 56.3 Å². The lowest BCUT2D eigenvalue weighted by Crippen LogP contribution is -2.07. The summed E-state index contributed by atoms with van der Waals surface area (Å²) in [6.07, 6.45) is 3.02. The van der Waals surface area contributed by atoms with Crippen molar-refractivity contribution in [3.63, 3.8) is 0 Å². The van der Waals surface area contributed by atoms with Crippen LogP contribution in [0.5, 0.6) is 0 Å². The number of benzene rings is 3. The van der Waals surface area contributed by atoms with E-state index >= 15 is 0 Å². The van der Waals surface area contributed by atoms with Gasteiger partial charge in [-0.3, -0.25) is 4.79 Å². The highest BCUT2D eigenvalue weighted by Gasteiger charge is 2.10. The highest BCUT2D eigenvalue weighted by atomic mass is 79.9. The standard InChI is InChI=1S/C26H16BrClN2O3/c27-17-5-3-4-16(14-17)26-30-22-15-18(8-11-24(22)33-26)29-25(31)13-10-19-9-12-23(32-19)20-6-1-2-7-21(20)28/h1-15H,(H,29,31)/b13-10+. The molecule has 0 unspecified atom stereocenters. The summed E-state index contributed by atoms with van der Waals surface area (Å²) >= 11 is 9.67. The molecule has 3 aromatic carbocycles. The van der Waals surface area contributed by atoms with Gasteiger partial charge in [0.1, 0.15) is 17.0 Å². The van der Waals surface area contributed by atoms with Gasteiger partial charge < -0.3 is 14.2 Å². The lowest BCUT2D eigenvalue weighted by molar-refractivity contribution is -0.111. The Balaban J connectivity index is 1.29. The average molecular weight is 520 g/mol. The first-order valence-corrected chi connectivity index (χ1v) is 11.2. The summed E-state index contributed by atoms with van der Waals surface area (Å²) < 4.78 is 12.6. The first kappa shape index (κ1) is 21.2. The minimum atomic E-state index is -0.291. The van der Waals surface area contributed by atoms with Crippen molar-refractivity contribution in [2.24, 2.45) is 0 Å². The van der Waals surface area contributed by atoms with E-state index in [1.54, 1.807) is 36.4 Å². The van der Waals surface area contributed by atoms with Crippen LogP contribution in [-0.2, 0) is 4.79 Å². The zero-order valence-corrected chi connectivity index (χ0v) is 19.4. The molecule has 0 fully saturated rings.